The fraction of sp³-hybridized carbons (Fsp3) is 1.00. The van der Waals surface area contributed by atoms with E-state index in [1.54, 1.807) is 0 Å². The Balaban J connectivity index is 1.74. The van der Waals surface area contributed by atoms with Crippen LogP contribution in [0.4, 0.5) is 0 Å². The fourth-order valence-corrected chi connectivity index (χ4v) is 4.53. The highest BCUT2D eigenvalue weighted by Crippen LogP contribution is 2.33. The first-order valence-corrected chi connectivity index (χ1v) is 8.35. The lowest BCUT2D eigenvalue weighted by Crippen LogP contribution is -2.65. The maximum absolute atomic E-state index is 3.73. The second kappa shape index (κ2) is 5.34. The van der Waals surface area contributed by atoms with Crippen LogP contribution in [0.5, 0.6) is 0 Å². The largest absolute Gasteiger partial charge is 0.309 e. The zero-order valence-corrected chi connectivity index (χ0v) is 13.0. The van der Waals surface area contributed by atoms with E-state index in [1.165, 1.54) is 58.3 Å². The average molecular weight is 265 g/mol. The summed E-state index contributed by atoms with van der Waals surface area (Å²) in [4.78, 5) is 5.64. The van der Waals surface area contributed by atoms with Gasteiger partial charge < -0.3 is 5.32 Å². The summed E-state index contributed by atoms with van der Waals surface area (Å²) in [5, 5.41) is 3.73. The molecule has 0 saturated carbocycles. The summed E-state index contributed by atoms with van der Waals surface area (Å²) in [6.45, 7) is 12.2. The van der Waals surface area contributed by atoms with Gasteiger partial charge in [-0.2, -0.15) is 0 Å². The predicted molar refractivity (Wildman–Crippen MR) is 80.5 cm³/mol. The molecule has 0 bridgehead atoms. The molecular weight excluding hydrogens is 234 g/mol. The Morgan fingerprint density at radius 1 is 1.11 bits per heavy atom. The van der Waals surface area contributed by atoms with Gasteiger partial charge in [-0.05, 0) is 46.1 Å². The normalized spacial score (nSPS) is 40.3. The van der Waals surface area contributed by atoms with Crippen molar-refractivity contribution < 1.29 is 0 Å². The van der Waals surface area contributed by atoms with Crippen molar-refractivity contribution in [3.63, 3.8) is 0 Å². The van der Waals surface area contributed by atoms with Crippen LogP contribution in [0.25, 0.3) is 0 Å². The summed E-state index contributed by atoms with van der Waals surface area (Å²) in [7, 11) is 0. The Kier molecular flexibility index (Phi) is 3.89. The molecule has 3 rings (SSSR count). The Bertz CT molecular complexity index is 315. The average Bonchev–Trinajstić information content (AvgIpc) is 2.81. The van der Waals surface area contributed by atoms with Crippen LogP contribution < -0.4 is 5.32 Å². The van der Waals surface area contributed by atoms with Crippen LogP contribution in [0.2, 0.25) is 0 Å². The monoisotopic (exact) mass is 265 g/mol. The smallest absolute Gasteiger partial charge is 0.0268 e. The molecule has 0 radical (unpaired) electrons. The van der Waals surface area contributed by atoms with Crippen LogP contribution in [0.3, 0.4) is 0 Å². The third-order valence-electron chi connectivity index (χ3n) is 5.58. The molecule has 0 aromatic rings. The lowest BCUT2D eigenvalue weighted by Gasteiger charge is -2.49. The number of hydrogen-bond donors (Lipinski definition) is 1. The summed E-state index contributed by atoms with van der Waals surface area (Å²) in [6.07, 6.45) is 6.99. The summed E-state index contributed by atoms with van der Waals surface area (Å²) in [6, 6.07) is 2.43. The number of fused-ring (bicyclic) bond motifs is 1. The summed E-state index contributed by atoms with van der Waals surface area (Å²) in [5.74, 6) is 0. The van der Waals surface area contributed by atoms with E-state index in [2.05, 4.69) is 35.9 Å². The maximum Gasteiger partial charge on any atom is 0.0268 e. The van der Waals surface area contributed by atoms with Crippen LogP contribution in [0, 0.1) is 0 Å². The number of nitrogens with one attached hydrogen (secondary N) is 1. The summed E-state index contributed by atoms with van der Waals surface area (Å²) < 4.78 is 0. The molecule has 3 aliphatic rings. The molecule has 0 spiro atoms. The van der Waals surface area contributed by atoms with Gasteiger partial charge in [0.25, 0.3) is 0 Å². The standard InChI is InChI=1S/C16H31N3/c1-4-13-11-17-16(2,3)12-19(13)15-8-10-18-9-6-5-7-14(15)18/h13-15,17H,4-12H2,1-3H3. The van der Waals surface area contributed by atoms with Crippen molar-refractivity contribution in [1.82, 2.24) is 15.1 Å². The Labute approximate surface area is 118 Å². The van der Waals surface area contributed by atoms with Crippen molar-refractivity contribution in [2.45, 2.75) is 76.5 Å². The summed E-state index contributed by atoms with van der Waals surface area (Å²) >= 11 is 0. The van der Waals surface area contributed by atoms with E-state index >= 15 is 0 Å². The maximum atomic E-state index is 3.73. The minimum atomic E-state index is 0.285. The molecule has 3 aliphatic heterocycles. The molecular formula is C16H31N3. The number of nitrogens with zero attached hydrogens (tertiary/aromatic N) is 2. The van der Waals surface area contributed by atoms with Gasteiger partial charge in [-0.1, -0.05) is 13.3 Å². The molecule has 110 valence electrons. The zero-order valence-electron chi connectivity index (χ0n) is 13.0. The van der Waals surface area contributed by atoms with Gasteiger partial charge in [-0.25, -0.2) is 0 Å². The molecule has 19 heavy (non-hydrogen) atoms. The SMILES string of the molecule is CCC1CNC(C)(C)CN1C1CCN2CCCCC12. The van der Waals surface area contributed by atoms with Gasteiger partial charge in [0, 0.05) is 43.3 Å². The van der Waals surface area contributed by atoms with Gasteiger partial charge >= 0.3 is 0 Å². The van der Waals surface area contributed by atoms with Crippen LogP contribution in [0.1, 0.15) is 52.9 Å². The van der Waals surface area contributed by atoms with Crippen LogP contribution >= 0.6 is 0 Å². The molecule has 3 saturated heterocycles. The lowest BCUT2D eigenvalue weighted by atomic mass is 9.91. The molecule has 1 N–H and O–H groups in total. The van der Waals surface area contributed by atoms with Crippen molar-refractivity contribution in [3.8, 4) is 0 Å². The van der Waals surface area contributed by atoms with Gasteiger partial charge in [0.05, 0.1) is 0 Å². The predicted octanol–water partition coefficient (Wildman–Crippen LogP) is 2.08. The molecule has 3 heterocycles. The minimum absolute atomic E-state index is 0.285. The number of piperazine rings is 1. The lowest BCUT2D eigenvalue weighted by molar-refractivity contribution is 0.0278. The van der Waals surface area contributed by atoms with E-state index in [4.69, 9.17) is 0 Å². The van der Waals surface area contributed by atoms with Crippen LogP contribution in [-0.2, 0) is 0 Å². The second-order valence-corrected chi connectivity index (χ2v) is 7.45. The highest BCUT2D eigenvalue weighted by Gasteiger charge is 2.43. The van der Waals surface area contributed by atoms with Crippen molar-refractivity contribution >= 4 is 0 Å². The van der Waals surface area contributed by atoms with E-state index in [9.17, 15) is 0 Å². The highest BCUT2D eigenvalue weighted by molar-refractivity contribution is 5.01. The first-order chi connectivity index (χ1) is 9.11. The molecule has 0 aromatic carbocycles. The topological polar surface area (TPSA) is 18.5 Å². The number of hydrogen-bond acceptors (Lipinski definition) is 3. The Morgan fingerprint density at radius 2 is 1.95 bits per heavy atom. The van der Waals surface area contributed by atoms with E-state index in [1.807, 2.05) is 0 Å². The fourth-order valence-electron chi connectivity index (χ4n) is 4.53. The van der Waals surface area contributed by atoms with Crippen LogP contribution in [-0.4, -0.2) is 59.6 Å². The molecule has 0 aliphatic carbocycles. The second-order valence-electron chi connectivity index (χ2n) is 7.45. The van der Waals surface area contributed by atoms with Gasteiger partial charge in [0.15, 0.2) is 0 Å². The van der Waals surface area contributed by atoms with Crippen LogP contribution in [0.15, 0.2) is 0 Å². The zero-order chi connectivity index (χ0) is 13.5. The Hall–Kier alpha value is -0.120. The van der Waals surface area contributed by atoms with Crippen molar-refractivity contribution in [1.29, 1.82) is 0 Å². The van der Waals surface area contributed by atoms with E-state index < -0.39 is 0 Å². The van der Waals surface area contributed by atoms with Gasteiger partial charge in [0.2, 0.25) is 0 Å². The van der Waals surface area contributed by atoms with E-state index in [-0.39, 0.29) is 5.54 Å². The minimum Gasteiger partial charge on any atom is -0.309 e. The van der Waals surface area contributed by atoms with Gasteiger partial charge in [-0.3, -0.25) is 9.80 Å². The van der Waals surface area contributed by atoms with E-state index in [0.29, 0.717) is 0 Å². The third kappa shape index (κ3) is 2.70. The van der Waals surface area contributed by atoms with Crippen molar-refractivity contribution in [2.75, 3.05) is 26.2 Å². The molecule has 0 amide bonds. The summed E-state index contributed by atoms with van der Waals surface area (Å²) in [5.41, 5.74) is 0.285. The Morgan fingerprint density at radius 3 is 2.74 bits per heavy atom. The van der Waals surface area contributed by atoms with Crippen molar-refractivity contribution in [2.24, 2.45) is 0 Å². The van der Waals surface area contributed by atoms with Crippen molar-refractivity contribution in [3.05, 3.63) is 0 Å². The quantitative estimate of drug-likeness (QED) is 0.825. The van der Waals surface area contributed by atoms with E-state index in [0.717, 1.165) is 18.1 Å². The third-order valence-corrected chi connectivity index (χ3v) is 5.58. The molecule has 3 unspecified atom stereocenters. The van der Waals surface area contributed by atoms with Gasteiger partial charge in [-0.15, -0.1) is 0 Å². The molecule has 0 aromatic heterocycles. The highest BCUT2D eigenvalue weighted by atomic mass is 15.3. The molecule has 3 fully saturated rings. The number of piperidine rings is 1. The molecule has 3 heteroatoms. The molecule has 3 atom stereocenters. The molecule has 3 nitrogen and oxygen atoms in total. The van der Waals surface area contributed by atoms with Gasteiger partial charge in [0.1, 0.15) is 0 Å². The number of rotatable bonds is 2. The first kappa shape index (κ1) is 13.8. The first-order valence-electron chi connectivity index (χ1n) is 8.35.